The molecule has 0 radical (unpaired) electrons. The predicted molar refractivity (Wildman–Crippen MR) is 86.2 cm³/mol. The number of nitriles is 1. The summed E-state index contributed by atoms with van der Waals surface area (Å²) < 4.78 is 18.4. The number of ether oxygens (including phenoxy) is 1. The average Bonchev–Trinajstić information content (AvgIpc) is 3.09. The number of rotatable bonds is 4. The van der Waals surface area contributed by atoms with Crippen LogP contribution in [0.3, 0.4) is 0 Å². The summed E-state index contributed by atoms with van der Waals surface area (Å²) in [6.07, 6.45) is 2.18. The molecule has 1 atom stereocenters. The molecule has 1 heterocycles. The number of benzene rings is 1. The van der Waals surface area contributed by atoms with Crippen LogP contribution in [0.2, 0.25) is 0 Å². The van der Waals surface area contributed by atoms with Gasteiger partial charge in [-0.3, -0.25) is 4.79 Å². The third-order valence-electron chi connectivity index (χ3n) is 3.77. The number of thiophene rings is 1. The normalized spacial score (nSPS) is 14.0. The molecule has 1 aromatic carbocycles. The summed E-state index contributed by atoms with van der Waals surface area (Å²) >= 11 is 1.47. The SMILES string of the molecule is CC(Oc1ccc(F)cc1)C(=O)Nc1sc2c(c1C#N)CCC2. The Morgan fingerprint density at radius 2 is 2.13 bits per heavy atom. The van der Waals surface area contributed by atoms with Crippen molar-refractivity contribution in [3.05, 3.63) is 46.1 Å². The van der Waals surface area contributed by atoms with Gasteiger partial charge in [0.05, 0.1) is 5.56 Å². The highest BCUT2D eigenvalue weighted by Crippen LogP contribution is 2.38. The van der Waals surface area contributed by atoms with Gasteiger partial charge in [-0.25, -0.2) is 4.39 Å². The van der Waals surface area contributed by atoms with E-state index >= 15 is 0 Å². The van der Waals surface area contributed by atoms with Gasteiger partial charge in [0.1, 0.15) is 22.6 Å². The summed E-state index contributed by atoms with van der Waals surface area (Å²) in [6, 6.07) is 7.68. The van der Waals surface area contributed by atoms with Crippen LogP contribution in [0, 0.1) is 17.1 Å². The zero-order valence-corrected chi connectivity index (χ0v) is 13.4. The Morgan fingerprint density at radius 1 is 1.39 bits per heavy atom. The maximum atomic E-state index is 12.9. The van der Waals surface area contributed by atoms with E-state index in [-0.39, 0.29) is 11.7 Å². The van der Waals surface area contributed by atoms with E-state index in [4.69, 9.17) is 4.74 Å². The molecule has 118 valence electrons. The fourth-order valence-electron chi connectivity index (χ4n) is 2.59. The van der Waals surface area contributed by atoms with Crippen molar-refractivity contribution in [2.75, 3.05) is 5.32 Å². The van der Waals surface area contributed by atoms with Crippen molar-refractivity contribution in [3.8, 4) is 11.8 Å². The van der Waals surface area contributed by atoms with E-state index in [1.807, 2.05) is 0 Å². The third-order valence-corrected chi connectivity index (χ3v) is 4.97. The van der Waals surface area contributed by atoms with Crippen LogP contribution in [0.1, 0.15) is 29.3 Å². The van der Waals surface area contributed by atoms with Crippen molar-refractivity contribution < 1.29 is 13.9 Å². The average molecular weight is 330 g/mol. The molecule has 0 spiro atoms. The van der Waals surface area contributed by atoms with Crippen LogP contribution >= 0.6 is 11.3 Å². The molecule has 0 saturated carbocycles. The molecule has 1 amide bonds. The van der Waals surface area contributed by atoms with Crippen LogP contribution in [0.15, 0.2) is 24.3 Å². The molecular weight excluding hydrogens is 315 g/mol. The van der Waals surface area contributed by atoms with E-state index in [1.54, 1.807) is 6.92 Å². The molecule has 1 aliphatic carbocycles. The molecular formula is C17H15FN2O2S. The number of halogens is 1. The van der Waals surface area contributed by atoms with Gasteiger partial charge in [-0.15, -0.1) is 11.3 Å². The Bertz CT molecular complexity index is 777. The largest absolute Gasteiger partial charge is 0.481 e. The first kappa shape index (κ1) is 15.5. The summed E-state index contributed by atoms with van der Waals surface area (Å²) in [6.45, 7) is 1.62. The number of carbonyl (C=O) groups excluding carboxylic acids is 1. The van der Waals surface area contributed by atoms with Gasteiger partial charge in [-0.2, -0.15) is 5.26 Å². The number of amides is 1. The molecule has 1 unspecified atom stereocenters. The van der Waals surface area contributed by atoms with Gasteiger partial charge < -0.3 is 10.1 Å². The highest BCUT2D eigenvalue weighted by molar-refractivity contribution is 7.16. The van der Waals surface area contributed by atoms with E-state index in [1.165, 1.54) is 40.5 Å². The lowest BCUT2D eigenvalue weighted by Gasteiger charge is -2.14. The molecule has 1 aromatic heterocycles. The molecule has 1 aliphatic rings. The molecule has 1 N–H and O–H groups in total. The minimum atomic E-state index is -0.746. The molecule has 23 heavy (non-hydrogen) atoms. The first-order valence-electron chi connectivity index (χ1n) is 7.36. The minimum Gasteiger partial charge on any atom is -0.481 e. The second-order valence-electron chi connectivity index (χ2n) is 5.38. The van der Waals surface area contributed by atoms with E-state index in [0.717, 1.165) is 24.8 Å². The van der Waals surface area contributed by atoms with Gasteiger partial charge in [0, 0.05) is 4.88 Å². The van der Waals surface area contributed by atoms with Crippen LogP contribution in [-0.4, -0.2) is 12.0 Å². The number of anilines is 1. The molecule has 0 saturated heterocycles. The number of nitrogens with one attached hydrogen (secondary N) is 1. The van der Waals surface area contributed by atoms with Crippen molar-refractivity contribution in [1.29, 1.82) is 5.26 Å². The quantitative estimate of drug-likeness (QED) is 0.930. The lowest BCUT2D eigenvalue weighted by molar-refractivity contribution is -0.122. The van der Waals surface area contributed by atoms with Gasteiger partial charge in [-0.05, 0) is 56.0 Å². The Labute approximate surface area is 137 Å². The Kier molecular flexibility index (Phi) is 4.30. The van der Waals surface area contributed by atoms with E-state index in [0.29, 0.717) is 16.3 Å². The highest BCUT2D eigenvalue weighted by atomic mass is 32.1. The minimum absolute atomic E-state index is 0.328. The zero-order valence-electron chi connectivity index (χ0n) is 12.6. The van der Waals surface area contributed by atoms with Gasteiger partial charge in [0.2, 0.25) is 0 Å². The standard InChI is InChI=1S/C17H15FN2O2S/c1-10(22-12-7-5-11(18)6-8-12)16(21)20-17-14(9-19)13-3-2-4-15(13)23-17/h5-8,10H,2-4H2,1H3,(H,20,21). The van der Waals surface area contributed by atoms with Gasteiger partial charge in [0.25, 0.3) is 5.91 Å². The van der Waals surface area contributed by atoms with Gasteiger partial charge in [-0.1, -0.05) is 0 Å². The van der Waals surface area contributed by atoms with E-state index in [2.05, 4.69) is 11.4 Å². The number of hydrogen-bond donors (Lipinski definition) is 1. The second-order valence-corrected chi connectivity index (χ2v) is 6.48. The fourth-order valence-corrected chi connectivity index (χ4v) is 3.84. The first-order valence-corrected chi connectivity index (χ1v) is 8.18. The monoisotopic (exact) mass is 330 g/mol. The number of carbonyl (C=O) groups is 1. The first-order chi connectivity index (χ1) is 11.1. The van der Waals surface area contributed by atoms with Crippen molar-refractivity contribution >= 4 is 22.2 Å². The van der Waals surface area contributed by atoms with Crippen LogP contribution in [0.4, 0.5) is 9.39 Å². The Balaban J connectivity index is 1.69. The fraction of sp³-hybridized carbons (Fsp3) is 0.294. The second kappa shape index (κ2) is 6.39. The van der Waals surface area contributed by atoms with Crippen LogP contribution in [0.25, 0.3) is 0 Å². The maximum absolute atomic E-state index is 12.9. The summed E-state index contributed by atoms with van der Waals surface area (Å²) in [5.74, 6) is -0.268. The van der Waals surface area contributed by atoms with Crippen molar-refractivity contribution in [3.63, 3.8) is 0 Å². The van der Waals surface area contributed by atoms with E-state index in [9.17, 15) is 14.4 Å². The molecule has 6 heteroatoms. The molecule has 0 fully saturated rings. The smallest absolute Gasteiger partial charge is 0.265 e. The topological polar surface area (TPSA) is 62.1 Å². The van der Waals surface area contributed by atoms with Crippen molar-refractivity contribution in [2.45, 2.75) is 32.3 Å². The van der Waals surface area contributed by atoms with Crippen LogP contribution < -0.4 is 10.1 Å². The number of aryl methyl sites for hydroxylation is 1. The summed E-state index contributed by atoms with van der Waals surface area (Å²) in [5, 5.41) is 12.7. The Morgan fingerprint density at radius 3 is 2.83 bits per heavy atom. The maximum Gasteiger partial charge on any atom is 0.265 e. The molecule has 4 nitrogen and oxygen atoms in total. The number of nitrogens with zero attached hydrogens (tertiary/aromatic N) is 1. The molecule has 0 bridgehead atoms. The summed E-state index contributed by atoms with van der Waals surface area (Å²) in [5.41, 5.74) is 1.64. The highest BCUT2D eigenvalue weighted by Gasteiger charge is 2.24. The summed E-state index contributed by atoms with van der Waals surface area (Å²) in [7, 11) is 0. The van der Waals surface area contributed by atoms with Crippen molar-refractivity contribution in [2.24, 2.45) is 0 Å². The van der Waals surface area contributed by atoms with Gasteiger partial charge in [0.15, 0.2) is 6.10 Å². The number of hydrogen-bond acceptors (Lipinski definition) is 4. The van der Waals surface area contributed by atoms with Crippen LogP contribution in [-0.2, 0) is 17.6 Å². The number of fused-ring (bicyclic) bond motifs is 1. The zero-order chi connectivity index (χ0) is 16.4. The predicted octanol–water partition coefficient (Wildman–Crippen LogP) is 3.65. The van der Waals surface area contributed by atoms with Gasteiger partial charge >= 0.3 is 0 Å². The van der Waals surface area contributed by atoms with Crippen molar-refractivity contribution in [1.82, 2.24) is 0 Å². The van der Waals surface area contributed by atoms with Crippen LogP contribution in [0.5, 0.6) is 5.75 Å². The lowest BCUT2D eigenvalue weighted by Crippen LogP contribution is -2.30. The Hall–Kier alpha value is -2.39. The third kappa shape index (κ3) is 3.20. The molecule has 2 aromatic rings. The van der Waals surface area contributed by atoms with E-state index < -0.39 is 6.10 Å². The summed E-state index contributed by atoms with van der Waals surface area (Å²) in [4.78, 5) is 13.5. The molecule has 0 aliphatic heterocycles. The molecule has 3 rings (SSSR count). The lowest BCUT2D eigenvalue weighted by atomic mass is 10.1.